The Balaban J connectivity index is 1.74. The van der Waals surface area contributed by atoms with E-state index in [-0.39, 0.29) is 5.56 Å². The third-order valence-electron chi connectivity index (χ3n) is 3.74. The number of halogens is 1. The summed E-state index contributed by atoms with van der Waals surface area (Å²) in [7, 11) is 0. The average molecular weight is 323 g/mol. The van der Waals surface area contributed by atoms with Crippen LogP contribution in [-0.4, -0.2) is 15.7 Å². The van der Waals surface area contributed by atoms with Gasteiger partial charge in [0, 0.05) is 17.8 Å². The fourth-order valence-corrected chi connectivity index (χ4v) is 2.36. The molecule has 0 atom stereocenters. The summed E-state index contributed by atoms with van der Waals surface area (Å²) in [4.78, 5) is 12.1. The molecule has 1 aromatic heterocycles. The van der Waals surface area contributed by atoms with Crippen molar-refractivity contribution in [2.24, 2.45) is 0 Å². The second kappa shape index (κ2) is 6.66. The van der Waals surface area contributed by atoms with E-state index in [9.17, 15) is 9.18 Å². The lowest BCUT2D eigenvalue weighted by Crippen LogP contribution is -2.12. The molecule has 1 amide bonds. The molecule has 0 fully saturated rings. The van der Waals surface area contributed by atoms with E-state index in [0.717, 1.165) is 5.69 Å². The van der Waals surface area contributed by atoms with Crippen LogP contribution in [0.25, 0.3) is 5.69 Å². The molecule has 0 saturated heterocycles. The summed E-state index contributed by atoms with van der Waals surface area (Å²) in [6.07, 6.45) is 1.77. The van der Waals surface area contributed by atoms with Gasteiger partial charge in [-0.2, -0.15) is 5.10 Å². The smallest absolute Gasteiger partial charge is 0.256 e. The molecule has 3 aromatic rings. The summed E-state index contributed by atoms with van der Waals surface area (Å²) >= 11 is 0. The Morgan fingerprint density at radius 1 is 1.12 bits per heavy atom. The molecule has 3 rings (SSSR count). The Bertz CT molecular complexity index is 853. The number of amides is 1. The third kappa shape index (κ3) is 3.51. The minimum Gasteiger partial charge on any atom is -0.305 e. The van der Waals surface area contributed by atoms with E-state index >= 15 is 0 Å². The van der Waals surface area contributed by atoms with Crippen LogP contribution in [0.15, 0.2) is 60.8 Å². The largest absolute Gasteiger partial charge is 0.305 e. The molecule has 0 bridgehead atoms. The van der Waals surface area contributed by atoms with Crippen molar-refractivity contribution in [3.8, 4) is 5.69 Å². The molecule has 0 aliphatic carbocycles. The number of hydrogen-bond acceptors (Lipinski definition) is 2. The van der Waals surface area contributed by atoms with Gasteiger partial charge in [0.1, 0.15) is 5.82 Å². The minimum absolute atomic E-state index is 0.255. The van der Waals surface area contributed by atoms with Crippen molar-refractivity contribution in [2.45, 2.75) is 19.8 Å². The molecular weight excluding hydrogens is 305 g/mol. The van der Waals surface area contributed by atoms with Gasteiger partial charge >= 0.3 is 0 Å². The number of benzene rings is 2. The van der Waals surface area contributed by atoms with Gasteiger partial charge in [-0.15, -0.1) is 0 Å². The zero-order valence-electron chi connectivity index (χ0n) is 13.5. The number of carbonyl (C=O) groups excluding carboxylic acids is 1. The van der Waals surface area contributed by atoms with Crippen molar-refractivity contribution in [3.05, 3.63) is 77.7 Å². The van der Waals surface area contributed by atoms with Gasteiger partial charge in [-0.1, -0.05) is 32.0 Å². The Labute approximate surface area is 139 Å². The monoisotopic (exact) mass is 323 g/mol. The van der Waals surface area contributed by atoms with Crippen LogP contribution in [0.4, 0.5) is 10.2 Å². The van der Waals surface area contributed by atoms with Crippen LogP contribution >= 0.6 is 0 Å². The number of nitrogens with zero attached hydrogens (tertiary/aromatic N) is 2. The highest BCUT2D eigenvalue weighted by Gasteiger charge is 2.09. The predicted octanol–water partition coefficient (Wildman–Crippen LogP) is 4.39. The van der Waals surface area contributed by atoms with Crippen LogP contribution in [0.5, 0.6) is 0 Å². The first-order valence-corrected chi connectivity index (χ1v) is 7.76. The molecule has 1 heterocycles. The third-order valence-corrected chi connectivity index (χ3v) is 3.74. The molecular formula is C19H18FN3O. The van der Waals surface area contributed by atoms with E-state index in [2.05, 4.69) is 36.4 Å². The fourth-order valence-electron chi connectivity index (χ4n) is 2.36. The van der Waals surface area contributed by atoms with Crippen LogP contribution in [0, 0.1) is 5.82 Å². The zero-order valence-corrected chi connectivity index (χ0v) is 13.5. The van der Waals surface area contributed by atoms with Crippen molar-refractivity contribution >= 4 is 11.7 Å². The number of nitrogens with one attached hydrogen (secondary N) is 1. The maximum Gasteiger partial charge on any atom is 0.256 e. The lowest BCUT2D eigenvalue weighted by Gasteiger charge is -2.07. The molecule has 24 heavy (non-hydrogen) atoms. The van der Waals surface area contributed by atoms with E-state index in [0.29, 0.717) is 11.7 Å². The van der Waals surface area contributed by atoms with E-state index in [1.54, 1.807) is 23.0 Å². The summed E-state index contributed by atoms with van der Waals surface area (Å²) in [5, 5.41) is 7.00. The Morgan fingerprint density at radius 3 is 2.54 bits per heavy atom. The lowest BCUT2D eigenvalue weighted by molar-refractivity contribution is 0.102. The van der Waals surface area contributed by atoms with Gasteiger partial charge < -0.3 is 5.32 Å². The number of anilines is 1. The molecule has 0 saturated carbocycles. The second-order valence-corrected chi connectivity index (χ2v) is 5.86. The van der Waals surface area contributed by atoms with E-state index in [1.165, 1.54) is 23.8 Å². The molecule has 2 aromatic carbocycles. The molecule has 0 aliphatic rings. The van der Waals surface area contributed by atoms with Crippen molar-refractivity contribution in [1.82, 2.24) is 9.78 Å². The fraction of sp³-hybridized carbons (Fsp3) is 0.158. The maximum atomic E-state index is 13.2. The predicted molar refractivity (Wildman–Crippen MR) is 92.0 cm³/mol. The van der Waals surface area contributed by atoms with Gasteiger partial charge in [-0.3, -0.25) is 4.79 Å². The van der Waals surface area contributed by atoms with Gasteiger partial charge in [0.15, 0.2) is 5.82 Å². The Kier molecular flexibility index (Phi) is 4.42. The molecule has 0 spiro atoms. The van der Waals surface area contributed by atoms with Gasteiger partial charge in [0.2, 0.25) is 0 Å². The maximum absolute atomic E-state index is 13.2. The summed E-state index contributed by atoms with van der Waals surface area (Å²) in [6, 6.07) is 15.3. The second-order valence-electron chi connectivity index (χ2n) is 5.86. The topological polar surface area (TPSA) is 46.9 Å². The number of carbonyl (C=O) groups is 1. The highest BCUT2D eigenvalue weighted by Crippen LogP contribution is 2.17. The van der Waals surface area contributed by atoms with Crippen LogP contribution < -0.4 is 5.32 Å². The summed E-state index contributed by atoms with van der Waals surface area (Å²) in [5.74, 6) is 0.0447. The first-order chi connectivity index (χ1) is 11.5. The van der Waals surface area contributed by atoms with Crippen molar-refractivity contribution < 1.29 is 9.18 Å². The van der Waals surface area contributed by atoms with Crippen molar-refractivity contribution in [3.63, 3.8) is 0 Å². The lowest BCUT2D eigenvalue weighted by atomic mass is 10.0. The molecule has 4 nitrogen and oxygen atoms in total. The van der Waals surface area contributed by atoms with Crippen LogP contribution in [0.3, 0.4) is 0 Å². The SMILES string of the molecule is CC(C)c1ccc(-n2ccc(NC(=O)c3cccc(F)c3)n2)cc1. The standard InChI is InChI=1S/C19H18FN3O/c1-13(2)14-6-8-17(9-7-14)23-11-10-18(22-23)21-19(24)15-4-3-5-16(20)12-15/h3-13H,1-2H3,(H,21,22,24). The van der Waals surface area contributed by atoms with Gasteiger partial charge in [-0.05, 0) is 41.8 Å². The quantitative estimate of drug-likeness (QED) is 0.774. The van der Waals surface area contributed by atoms with Crippen LogP contribution in [-0.2, 0) is 0 Å². The Hall–Kier alpha value is -2.95. The summed E-state index contributed by atoms with van der Waals surface area (Å²) < 4.78 is 14.9. The molecule has 0 aliphatic heterocycles. The first kappa shape index (κ1) is 15.9. The average Bonchev–Trinajstić information content (AvgIpc) is 3.03. The van der Waals surface area contributed by atoms with Crippen molar-refractivity contribution in [2.75, 3.05) is 5.32 Å². The van der Waals surface area contributed by atoms with E-state index in [4.69, 9.17) is 0 Å². The zero-order chi connectivity index (χ0) is 17.1. The molecule has 1 N–H and O–H groups in total. The molecule has 0 radical (unpaired) electrons. The number of hydrogen-bond donors (Lipinski definition) is 1. The normalized spacial score (nSPS) is 10.8. The van der Waals surface area contributed by atoms with Gasteiger partial charge in [0.25, 0.3) is 5.91 Å². The summed E-state index contributed by atoms with van der Waals surface area (Å²) in [5.41, 5.74) is 2.42. The highest BCUT2D eigenvalue weighted by atomic mass is 19.1. The van der Waals surface area contributed by atoms with E-state index in [1.807, 2.05) is 12.1 Å². The van der Waals surface area contributed by atoms with E-state index < -0.39 is 11.7 Å². The highest BCUT2D eigenvalue weighted by molar-refractivity contribution is 6.03. The first-order valence-electron chi connectivity index (χ1n) is 7.76. The Morgan fingerprint density at radius 2 is 1.88 bits per heavy atom. The summed E-state index contributed by atoms with van der Waals surface area (Å²) in [6.45, 7) is 4.28. The molecule has 0 unspecified atom stereocenters. The minimum atomic E-state index is -0.446. The van der Waals surface area contributed by atoms with Crippen LogP contribution in [0.2, 0.25) is 0 Å². The molecule has 5 heteroatoms. The van der Waals surface area contributed by atoms with Crippen LogP contribution in [0.1, 0.15) is 35.7 Å². The number of aromatic nitrogens is 2. The van der Waals surface area contributed by atoms with Gasteiger partial charge in [-0.25, -0.2) is 9.07 Å². The number of rotatable bonds is 4. The van der Waals surface area contributed by atoms with Crippen molar-refractivity contribution in [1.29, 1.82) is 0 Å². The molecule has 122 valence electrons. The van der Waals surface area contributed by atoms with Gasteiger partial charge in [0.05, 0.1) is 5.69 Å².